The number of aromatic nitrogens is 1. The Hall–Kier alpha value is -2.55. The van der Waals surface area contributed by atoms with Crippen molar-refractivity contribution in [3.63, 3.8) is 0 Å². The number of thiazole rings is 1. The molecule has 2 aliphatic rings. The van der Waals surface area contributed by atoms with E-state index in [9.17, 15) is 9.59 Å². The fourth-order valence-corrected chi connectivity index (χ4v) is 5.12. The molecule has 8 nitrogen and oxygen atoms in total. The lowest BCUT2D eigenvalue weighted by Crippen LogP contribution is -2.53. The Kier molecular flexibility index (Phi) is 6.26. The van der Waals surface area contributed by atoms with Crippen LogP contribution in [0.4, 0.5) is 9.93 Å². The van der Waals surface area contributed by atoms with Gasteiger partial charge in [0.15, 0.2) is 5.13 Å². The standard InChI is InChI=1S/C21H28N4O4S/c1-3-29-21(27)24-11-9-23(10-12-24)19(26)15-5-4-8-25(14-15)20-22-17-7-6-16(28-2)13-18(17)30-20/h6-7,13,15H,3-5,8-12,14H2,1-2H3. The maximum absolute atomic E-state index is 13.1. The minimum absolute atomic E-state index is 0.0329. The van der Waals surface area contributed by atoms with Gasteiger partial charge in [0, 0.05) is 39.3 Å². The molecule has 1 aromatic carbocycles. The largest absolute Gasteiger partial charge is 0.497 e. The number of rotatable bonds is 4. The van der Waals surface area contributed by atoms with E-state index < -0.39 is 0 Å². The molecule has 1 unspecified atom stereocenters. The Bertz CT molecular complexity index is 910. The third kappa shape index (κ3) is 4.30. The highest BCUT2D eigenvalue weighted by atomic mass is 32.1. The van der Waals surface area contributed by atoms with Gasteiger partial charge in [-0.1, -0.05) is 11.3 Å². The Balaban J connectivity index is 1.38. The molecule has 0 spiro atoms. The van der Waals surface area contributed by atoms with Crippen LogP contribution in [0, 0.1) is 5.92 Å². The molecule has 30 heavy (non-hydrogen) atoms. The van der Waals surface area contributed by atoms with Crippen LogP contribution < -0.4 is 9.64 Å². The predicted molar refractivity (Wildman–Crippen MR) is 116 cm³/mol. The first kappa shape index (κ1) is 20.7. The first-order chi connectivity index (χ1) is 14.6. The van der Waals surface area contributed by atoms with Crippen LogP contribution in [0.1, 0.15) is 19.8 Å². The first-order valence-corrected chi connectivity index (χ1v) is 11.3. The summed E-state index contributed by atoms with van der Waals surface area (Å²) >= 11 is 1.64. The zero-order chi connectivity index (χ0) is 21.1. The minimum atomic E-state index is -0.291. The second kappa shape index (κ2) is 9.07. The quantitative estimate of drug-likeness (QED) is 0.740. The van der Waals surface area contributed by atoms with Crippen molar-refractivity contribution >= 4 is 38.7 Å². The van der Waals surface area contributed by atoms with Gasteiger partial charge in [0.1, 0.15) is 5.75 Å². The van der Waals surface area contributed by atoms with E-state index in [-0.39, 0.29) is 17.9 Å². The highest BCUT2D eigenvalue weighted by molar-refractivity contribution is 7.22. The maximum atomic E-state index is 13.1. The van der Waals surface area contributed by atoms with Crippen molar-refractivity contribution in [2.75, 3.05) is 57.9 Å². The lowest BCUT2D eigenvalue weighted by Gasteiger charge is -2.38. The van der Waals surface area contributed by atoms with E-state index in [1.165, 1.54) is 0 Å². The van der Waals surface area contributed by atoms with Crippen LogP contribution in [0.25, 0.3) is 10.2 Å². The first-order valence-electron chi connectivity index (χ1n) is 10.5. The Morgan fingerprint density at radius 2 is 1.93 bits per heavy atom. The fraction of sp³-hybridized carbons (Fsp3) is 0.571. The van der Waals surface area contributed by atoms with Gasteiger partial charge in [-0.15, -0.1) is 0 Å². The van der Waals surface area contributed by atoms with E-state index in [1.54, 1.807) is 30.3 Å². The number of benzene rings is 1. The number of piperidine rings is 1. The van der Waals surface area contributed by atoms with Gasteiger partial charge in [0.25, 0.3) is 0 Å². The van der Waals surface area contributed by atoms with Gasteiger partial charge in [-0.25, -0.2) is 9.78 Å². The summed E-state index contributed by atoms with van der Waals surface area (Å²) in [6, 6.07) is 5.90. The number of hydrogen-bond donors (Lipinski definition) is 0. The highest BCUT2D eigenvalue weighted by Gasteiger charge is 2.33. The summed E-state index contributed by atoms with van der Waals surface area (Å²) in [4.78, 5) is 35.6. The molecule has 2 aliphatic heterocycles. The summed E-state index contributed by atoms with van der Waals surface area (Å²) in [5.74, 6) is 0.979. The van der Waals surface area contributed by atoms with Gasteiger partial charge in [-0.05, 0) is 38.0 Å². The number of piperazine rings is 1. The molecule has 0 bridgehead atoms. The van der Waals surface area contributed by atoms with Crippen molar-refractivity contribution in [3.05, 3.63) is 18.2 Å². The van der Waals surface area contributed by atoms with E-state index in [0.717, 1.165) is 40.5 Å². The molecule has 0 saturated carbocycles. The zero-order valence-corrected chi connectivity index (χ0v) is 18.3. The van der Waals surface area contributed by atoms with E-state index >= 15 is 0 Å². The molecule has 1 atom stereocenters. The number of ether oxygens (including phenoxy) is 2. The van der Waals surface area contributed by atoms with Gasteiger partial charge >= 0.3 is 6.09 Å². The molecule has 2 fully saturated rings. The number of carbonyl (C=O) groups excluding carboxylic acids is 2. The molecule has 0 aliphatic carbocycles. The molecule has 3 heterocycles. The number of amides is 2. The summed E-state index contributed by atoms with van der Waals surface area (Å²) < 4.78 is 11.5. The van der Waals surface area contributed by atoms with Gasteiger partial charge in [0.05, 0.1) is 29.9 Å². The van der Waals surface area contributed by atoms with E-state index in [1.807, 2.05) is 23.1 Å². The predicted octanol–water partition coefficient (Wildman–Crippen LogP) is 2.82. The van der Waals surface area contributed by atoms with Crippen molar-refractivity contribution in [2.45, 2.75) is 19.8 Å². The molecule has 9 heteroatoms. The molecule has 0 radical (unpaired) electrons. The second-order valence-electron chi connectivity index (χ2n) is 7.63. The number of hydrogen-bond acceptors (Lipinski definition) is 7. The summed E-state index contributed by atoms with van der Waals surface area (Å²) in [5.41, 5.74) is 0.958. The van der Waals surface area contributed by atoms with Crippen molar-refractivity contribution < 1.29 is 19.1 Å². The van der Waals surface area contributed by atoms with Crippen LogP contribution in [-0.4, -0.2) is 79.8 Å². The van der Waals surface area contributed by atoms with Crippen molar-refractivity contribution in [3.8, 4) is 5.75 Å². The van der Waals surface area contributed by atoms with E-state index in [2.05, 4.69) is 4.90 Å². The van der Waals surface area contributed by atoms with Crippen molar-refractivity contribution in [2.24, 2.45) is 5.92 Å². The SMILES string of the molecule is CCOC(=O)N1CCN(C(=O)C2CCCN(c3nc4ccc(OC)cc4s3)C2)CC1. The van der Waals surface area contributed by atoms with Gasteiger partial charge < -0.3 is 24.2 Å². The van der Waals surface area contributed by atoms with Crippen LogP contribution >= 0.6 is 11.3 Å². The minimum Gasteiger partial charge on any atom is -0.497 e. The molecular weight excluding hydrogens is 404 g/mol. The van der Waals surface area contributed by atoms with E-state index in [0.29, 0.717) is 39.3 Å². The molecule has 0 N–H and O–H groups in total. The highest BCUT2D eigenvalue weighted by Crippen LogP contribution is 2.33. The average Bonchev–Trinajstić information content (AvgIpc) is 3.22. The van der Waals surface area contributed by atoms with Gasteiger partial charge in [-0.2, -0.15) is 0 Å². The third-order valence-electron chi connectivity index (χ3n) is 5.74. The molecule has 2 saturated heterocycles. The van der Waals surface area contributed by atoms with Crippen LogP contribution in [0.2, 0.25) is 0 Å². The van der Waals surface area contributed by atoms with E-state index in [4.69, 9.17) is 14.5 Å². The van der Waals surface area contributed by atoms with Gasteiger partial charge in [-0.3, -0.25) is 4.79 Å². The molecular formula is C21H28N4O4S. The lowest BCUT2D eigenvalue weighted by molar-refractivity contribution is -0.137. The zero-order valence-electron chi connectivity index (χ0n) is 17.5. The summed E-state index contributed by atoms with van der Waals surface area (Å²) in [6.07, 6.45) is 1.57. The number of fused-ring (bicyclic) bond motifs is 1. The molecule has 4 rings (SSSR count). The second-order valence-corrected chi connectivity index (χ2v) is 8.64. The van der Waals surface area contributed by atoms with Crippen LogP contribution in [-0.2, 0) is 9.53 Å². The number of anilines is 1. The Labute approximate surface area is 180 Å². The van der Waals surface area contributed by atoms with Gasteiger partial charge in [0.2, 0.25) is 5.91 Å². The molecule has 2 amide bonds. The molecule has 2 aromatic rings. The smallest absolute Gasteiger partial charge is 0.409 e. The fourth-order valence-electron chi connectivity index (χ4n) is 4.09. The Morgan fingerprint density at radius 1 is 1.17 bits per heavy atom. The molecule has 162 valence electrons. The summed E-state index contributed by atoms with van der Waals surface area (Å²) in [6.45, 7) is 5.96. The van der Waals surface area contributed by atoms with Crippen LogP contribution in [0.5, 0.6) is 5.75 Å². The number of carbonyl (C=O) groups is 2. The van der Waals surface area contributed by atoms with Crippen molar-refractivity contribution in [1.82, 2.24) is 14.8 Å². The average molecular weight is 433 g/mol. The number of methoxy groups -OCH3 is 1. The summed E-state index contributed by atoms with van der Waals surface area (Å²) in [7, 11) is 1.66. The van der Waals surface area contributed by atoms with Crippen molar-refractivity contribution in [1.29, 1.82) is 0 Å². The van der Waals surface area contributed by atoms with Crippen LogP contribution in [0.3, 0.4) is 0 Å². The molecule has 1 aromatic heterocycles. The monoisotopic (exact) mass is 432 g/mol. The maximum Gasteiger partial charge on any atom is 0.409 e. The summed E-state index contributed by atoms with van der Waals surface area (Å²) in [5, 5.41) is 0.961. The Morgan fingerprint density at radius 3 is 2.67 bits per heavy atom. The lowest BCUT2D eigenvalue weighted by atomic mass is 9.96. The van der Waals surface area contributed by atoms with Crippen LogP contribution in [0.15, 0.2) is 18.2 Å². The number of nitrogens with zero attached hydrogens (tertiary/aromatic N) is 4. The topological polar surface area (TPSA) is 75.2 Å². The normalized spacial score (nSPS) is 19.8. The third-order valence-corrected chi connectivity index (χ3v) is 6.82.